The smallest absolute Gasteiger partial charge is 0.315 e. The van der Waals surface area contributed by atoms with Crippen molar-refractivity contribution >= 4 is 42.2 Å². The lowest BCUT2D eigenvalue weighted by Crippen LogP contribution is -2.56. The van der Waals surface area contributed by atoms with Crippen molar-refractivity contribution < 1.29 is 54.0 Å². The quantitative estimate of drug-likeness (QED) is 0.0265. The van der Waals surface area contributed by atoms with E-state index in [1.54, 1.807) is 60.7 Å². The molecule has 0 saturated carbocycles. The van der Waals surface area contributed by atoms with Crippen LogP contribution in [-0.2, 0) is 44.9 Å². The van der Waals surface area contributed by atoms with Gasteiger partial charge in [-0.15, -0.1) is 0 Å². The van der Waals surface area contributed by atoms with Gasteiger partial charge in [-0.25, -0.2) is 33.6 Å². The first kappa shape index (κ1) is 72.0. The number of nitrogens with one attached hydrogen (secondary N) is 13. The number of urea groups is 7. The maximum Gasteiger partial charge on any atom is 0.315 e. The van der Waals surface area contributed by atoms with Crippen molar-refractivity contribution in [3.63, 3.8) is 0 Å². The van der Waals surface area contributed by atoms with Crippen LogP contribution in [0, 0.1) is 0 Å². The molecule has 26 nitrogen and oxygen atoms in total. The minimum atomic E-state index is -0.773. The Bertz CT molecular complexity index is 3530. The first-order chi connectivity index (χ1) is 46.3. The number of aromatic hydroxyl groups is 4. The molecule has 0 aliphatic heterocycles. The molecule has 0 aliphatic carbocycles. The van der Waals surface area contributed by atoms with Gasteiger partial charge in [0, 0.05) is 51.9 Å². The maximum atomic E-state index is 14.0. The van der Waals surface area contributed by atoms with Gasteiger partial charge in [-0.3, -0.25) is 0 Å². The van der Waals surface area contributed by atoms with Crippen LogP contribution >= 0.6 is 0 Å². The number of primary amides is 1. The monoisotopic (exact) mass is 1310 g/mol. The molecular weight excluding hydrogens is 1230 g/mol. The highest BCUT2D eigenvalue weighted by Crippen LogP contribution is 2.16. The average molecular weight is 1310 g/mol. The van der Waals surface area contributed by atoms with Crippen LogP contribution in [0.1, 0.15) is 38.9 Å². The SMILES string of the molecule is NC(=O)NC[C@H](Cc1ccc(O)cc1)NC(=O)NC[C@H](Cc1ccccc1)NC(=O)NC[C@H](Cc1ccc(O)cc1)NC(=O)NC[C@H](Cc1ccccc1)NC(=O)NC[C@H](Cc1ccc(O)cc1)NC(=O)NC[C@H](Cc1ccccc1)NC(=O)NC[C@@H](N)Cc1ccc(O)cc1. The summed E-state index contributed by atoms with van der Waals surface area (Å²) in [6.07, 6.45) is 2.19. The predicted molar refractivity (Wildman–Crippen MR) is 365 cm³/mol. The van der Waals surface area contributed by atoms with Crippen LogP contribution < -0.4 is 80.6 Å². The van der Waals surface area contributed by atoms with Gasteiger partial charge in [-0.2, -0.15) is 0 Å². The predicted octanol–water partition coefficient (Wildman–Crippen LogP) is 4.51. The second-order valence-corrected chi connectivity index (χ2v) is 23.4. The standard InChI is InChI=1S/C70H87N15O11/c71-53(32-49-16-24-60(86)25-17-49)39-74-65(91)81-55(33-46-10-4-1-5-11-46)41-76-69(95)84-58(37-51-20-28-62(88)29-21-51)44-79-68(94)83-57(35-48-14-8-3-9-15-48)43-77-70(96)85-59(38-52-22-30-63(89)31-23-52)45-78-67(93)82-56(34-47-12-6-2-7-13-47)42-75-66(92)80-54(40-73-64(72)90)36-50-18-26-61(87)27-19-50/h1-31,53-59,86-89H,32-45,71H2,(H3,72,73,90)(H2,74,81,91)(H2,75,80,92)(H2,76,84,95)(H2,77,85,96)(H2,78,82,93)(H2,79,83,94)/t53-,54-,55-,56-,57-,58-,59-/m0/s1. The van der Waals surface area contributed by atoms with E-state index >= 15 is 0 Å². The molecule has 0 radical (unpaired) electrons. The van der Waals surface area contributed by atoms with Crippen molar-refractivity contribution in [2.75, 3.05) is 45.8 Å². The second kappa shape index (κ2) is 38.6. The number of hydrogen-bond donors (Lipinski definition) is 19. The maximum absolute atomic E-state index is 14.0. The third kappa shape index (κ3) is 28.2. The van der Waals surface area contributed by atoms with E-state index in [1.165, 1.54) is 36.4 Å². The number of carbonyl (C=O) groups excluding carboxylic acids is 7. The number of benzene rings is 7. The minimum Gasteiger partial charge on any atom is -0.508 e. The van der Waals surface area contributed by atoms with Crippen molar-refractivity contribution in [1.29, 1.82) is 0 Å². The van der Waals surface area contributed by atoms with E-state index in [0.717, 1.165) is 38.9 Å². The summed E-state index contributed by atoms with van der Waals surface area (Å²) in [5, 5.41) is 76.8. The van der Waals surface area contributed by atoms with Crippen molar-refractivity contribution in [3.8, 4) is 23.0 Å². The zero-order valence-electron chi connectivity index (χ0n) is 53.1. The molecule has 96 heavy (non-hydrogen) atoms. The van der Waals surface area contributed by atoms with Gasteiger partial charge >= 0.3 is 42.2 Å². The van der Waals surface area contributed by atoms with Gasteiger partial charge < -0.3 is 101 Å². The molecule has 0 saturated heterocycles. The minimum absolute atomic E-state index is 0.0130. The van der Waals surface area contributed by atoms with E-state index < -0.39 is 84.5 Å². The molecule has 7 atom stereocenters. The highest BCUT2D eigenvalue weighted by molar-refractivity contribution is 5.78. The van der Waals surface area contributed by atoms with E-state index in [1.807, 2.05) is 91.0 Å². The lowest BCUT2D eigenvalue weighted by atomic mass is 10.0. The molecule has 0 aliphatic rings. The number of nitrogens with two attached hydrogens (primary N) is 2. The molecular formula is C70H87N15O11. The third-order valence-electron chi connectivity index (χ3n) is 15.3. The Morgan fingerprint density at radius 3 is 0.667 bits per heavy atom. The normalized spacial score (nSPS) is 13.0. The summed E-state index contributed by atoms with van der Waals surface area (Å²) in [4.78, 5) is 93.7. The van der Waals surface area contributed by atoms with Crippen LogP contribution in [-0.4, -0.2) is 151 Å². The number of hydrogen-bond acceptors (Lipinski definition) is 12. The van der Waals surface area contributed by atoms with Gasteiger partial charge in [0.05, 0.1) is 36.3 Å². The van der Waals surface area contributed by atoms with Crippen LogP contribution in [0.15, 0.2) is 188 Å². The van der Waals surface area contributed by atoms with Crippen LogP contribution in [0.25, 0.3) is 0 Å². The lowest BCUT2D eigenvalue weighted by molar-refractivity contribution is 0.224. The van der Waals surface area contributed by atoms with E-state index in [-0.39, 0.29) is 81.7 Å². The Morgan fingerprint density at radius 2 is 0.448 bits per heavy atom. The first-order valence-corrected chi connectivity index (χ1v) is 31.6. The largest absolute Gasteiger partial charge is 0.508 e. The fraction of sp³-hybridized carbons (Fsp3) is 0.300. The van der Waals surface area contributed by atoms with Gasteiger partial charge in [-0.1, -0.05) is 140 Å². The number of carbonyl (C=O) groups is 7. The summed E-state index contributed by atoms with van der Waals surface area (Å²) in [7, 11) is 0. The Balaban J connectivity index is 0.955. The molecule has 0 fully saturated rings. The molecule has 7 rings (SSSR count). The fourth-order valence-electron chi connectivity index (χ4n) is 10.4. The highest BCUT2D eigenvalue weighted by Gasteiger charge is 2.24. The van der Waals surface area contributed by atoms with Gasteiger partial charge in [0.15, 0.2) is 0 Å². The van der Waals surface area contributed by atoms with Crippen molar-refractivity contribution in [2.45, 2.75) is 87.2 Å². The highest BCUT2D eigenvalue weighted by atomic mass is 16.3. The molecule has 7 aromatic rings. The van der Waals surface area contributed by atoms with Crippen molar-refractivity contribution in [2.24, 2.45) is 11.5 Å². The molecule has 7 aromatic carbocycles. The summed E-state index contributed by atoms with van der Waals surface area (Å²) in [5.74, 6) is 0.292. The molecule has 0 bridgehead atoms. The molecule has 21 N–H and O–H groups in total. The molecule has 508 valence electrons. The average Bonchev–Trinajstić information content (AvgIpc) is 1.95. The van der Waals surface area contributed by atoms with Crippen LogP contribution in [0.4, 0.5) is 33.6 Å². The second-order valence-electron chi connectivity index (χ2n) is 23.4. The van der Waals surface area contributed by atoms with E-state index in [9.17, 15) is 54.0 Å². The Labute approximate surface area is 557 Å². The van der Waals surface area contributed by atoms with E-state index in [2.05, 4.69) is 69.1 Å². The van der Waals surface area contributed by atoms with Gasteiger partial charge in [0.1, 0.15) is 23.0 Å². The lowest BCUT2D eigenvalue weighted by Gasteiger charge is -2.25. The van der Waals surface area contributed by atoms with Crippen molar-refractivity contribution in [1.82, 2.24) is 69.1 Å². The number of rotatable bonds is 34. The third-order valence-corrected chi connectivity index (χ3v) is 15.3. The topological polar surface area (TPSA) is 409 Å². The molecule has 0 aromatic heterocycles. The number of phenolic OH excluding ortho intramolecular Hbond substituents is 4. The zero-order chi connectivity index (χ0) is 68.4. The first-order valence-electron chi connectivity index (χ1n) is 31.6. The molecule has 26 heteroatoms. The van der Waals surface area contributed by atoms with Gasteiger partial charge in [0.2, 0.25) is 0 Å². The number of amides is 14. The van der Waals surface area contributed by atoms with Crippen LogP contribution in [0.2, 0.25) is 0 Å². The molecule has 14 amide bonds. The van der Waals surface area contributed by atoms with Gasteiger partial charge in [-0.05, 0) is 132 Å². The van der Waals surface area contributed by atoms with Gasteiger partial charge in [0.25, 0.3) is 0 Å². The summed E-state index contributed by atoms with van der Waals surface area (Å²) in [5.41, 5.74) is 17.5. The zero-order valence-corrected chi connectivity index (χ0v) is 53.1. The van der Waals surface area contributed by atoms with Crippen molar-refractivity contribution in [3.05, 3.63) is 227 Å². The van der Waals surface area contributed by atoms with Crippen LogP contribution in [0.3, 0.4) is 0 Å². The van der Waals surface area contributed by atoms with E-state index in [4.69, 9.17) is 11.5 Å². The summed E-state index contributed by atoms with van der Waals surface area (Å²) < 4.78 is 0. The molecule has 0 spiro atoms. The Hall–Kier alpha value is -11.4. The van der Waals surface area contributed by atoms with Crippen LogP contribution in [0.5, 0.6) is 23.0 Å². The summed E-state index contributed by atoms with van der Waals surface area (Å²) in [6.45, 7) is -0.0371. The summed E-state index contributed by atoms with van der Waals surface area (Å²) >= 11 is 0. The fourth-order valence-corrected chi connectivity index (χ4v) is 10.4. The molecule has 0 unspecified atom stereocenters. The van der Waals surface area contributed by atoms with E-state index in [0.29, 0.717) is 32.1 Å². The Morgan fingerprint density at radius 1 is 0.260 bits per heavy atom. The molecule has 0 heterocycles. The Kier molecular flexibility index (Phi) is 28.9. The summed E-state index contributed by atoms with van der Waals surface area (Å²) in [6, 6.07) is 45.4. The number of phenols is 4.